The van der Waals surface area contributed by atoms with Gasteiger partial charge in [-0.3, -0.25) is 14.9 Å². The van der Waals surface area contributed by atoms with Gasteiger partial charge in [0.05, 0.1) is 7.11 Å². The molecule has 0 saturated heterocycles. The Morgan fingerprint density at radius 3 is 2.50 bits per heavy atom. The van der Waals surface area contributed by atoms with E-state index in [9.17, 15) is 9.59 Å². The molecule has 3 N–H and O–H groups in total. The van der Waals surface area contributed by atoms with E-state index < -0.39 is 11.9 Å². The third-order valence-corrected chi connectivity index (χ3v) is 3.02. The van der Waals surface area contributed by atoms with Crippen molar-refractivity contribution in [2.45, 2.75) is 33.4 Å². The summed E-state index contributed by atoms with van der Waals surface area (Å²) in [5.74, 6) is -0.768. The minimum Gasteiger partial charge on any atom is -0.468 e. The summed E-state index contributed by atoms with van der Waals surface area (Å²) in [5.41, 5.74) is 6.32. The molecular formula is C15H22N2O3. The molecule has 0 saturated carbocycles. The Morgan fingerprint density at radius 1 is 1.35 bits per heavy atom. The van der Waals surface area contributed by atoms with Gasteiger partial charge in [-0.05, 0) is 23.1 Å². The lowest BCUT2D eigenvalue weighted by atomic mass is 9.86. The smallest absolute Gasteiger partial charge is 0.323 e. The summed E-state index contributed by atoms with van der Waals surface area (Å²) >= 11 is 0. The number of hydrogen-bond acceptors (Lipinski definition) is 4. The zero-order valence-electron chi connectivity index (χ0n) is 12.4. The Labute approximate surface area is 119 Å². The maximum atomic E-state index is 11.8. The van der Waals surface area contributed by atoms with Crippen LogP contribution in [0.5, 0.6) is 0 Å². The van der Waals surface area contributed by atoms with Gasteiger partial charge in [0.25, 0.3) is 0 Å². The van der Waals surface area contributed by atoms with Gasteiger partial charge in [-0.2, -0.15) is 0 Å². The molecule has 0 spiro atoms. The number of rotatable bonds is 5. The van der Waals surface area contributed by atoms with Crippen LogP contribution in [-0.2, 0) is 16.1 Å². The van der Waals surface area contributed by atoms with Gasteiger partial charge in [-0.25, -0.2) is 0 Å². The van der Waals surface area contributed by atoms with Gasteiger partial charge < -0.3 is 10.5 Å². The number of carbonyl (C=O) groups is 2. The van der Waals surface area contributed by atoms with Crippen LogP contribution in [0.1, 0.15) is 36.7 Å². The second-order valence-electron chi connectivity index (χ2n) is 5.77. The molecule has 1 aromatic rings. The molecule has 1 amide bonds. The number of nitrogens with one attached hydrogen (secondary N) is 1. The van der Waals surface area contributed by atoms with Crippen LogP contribution in [0, 0.1) is 5.41 Å². The standard InChI is InChI=1S/C15H22N2O3/c1-15(2,3)12(14(19)20-4)17-9-10-6-5-7-11(8-10)13(16)18/h5-8,12,17H,9H2,1-4H3,(H2,16,18). The predicted octanol–water partition coefficient (Wildman–Crippen LogP) is 1.46. The maximum Gasteiger partial charge on any atom is 0.323 e. The monoisotopic (exact) mass is 278 g/mol. The molecule has 1 aromatic carbocycles. The summed E-state index contributed by atoms with van der Waals surface area (Å²) < 4.78 is 4.81. The number of benzene rings is 1. The van der Waals surface area contributed by atoms with E-state index >= 15 is 0 Å². The minimum atomic E-state index is -0.466. The predicted molar refractivity (Wildman–Crippen MR) is 77.1 cm³/mol. The molecule has 5 heteroatoms. The summed E-state index contributed by atoms with van der Waals surface area (Å²) in [5, 5.41) is 3.17. The quantitative estimate of drug-likeness (QED) is 0.799. The van der Waals surface area contributed by atoms with Crippen LogP contribution in [0.25, 0.3) is 0 Å². The van der Waals surface area contributed by atoms with Crippen LogP contribution in [0.2, 0.25) is 0 Å². The lowest BCUT2D eigenvalue weighted by Crippen LogP contribution is -2.46. The van der Waals surface area contributed by atoms with E-state index in [4.69, 9.17) is 10.5 Å². The Balaban J connectivity index is 2.80. The summed E-state index contributed by atoms with van der Waals surface area (Å²) in [4.78, 5) is 22.9. The second-order valence-corrected chi connectivity index (χ2v) is 5.77. The highest BCUT2D eigenvalue weighted by Gasteiger charge is 2.31. The van der Waals surface area contributed by atoms with Gasteiger partial charge in [-0.15, -0.1) is 0 Å². The fraction of sp³-hybridized carbons (Fsp3) is 0.467. The van der Waals surface area contributed by atoms with Crippen molar-refractivity contribution in [2.24, 2.45) is 11.1 Å². The largest absolute Gasteiger partial charge is 0.468 e. The fourth-order valence-corrected chi connectivity index (χ4v) is 1.92. The molecule has 0 aliphatic rings. The lowest BCUT2D eigenvalue weighted by Gasteiger charge is -2.29. The highest BCUT2D eigenvalue weighted by Crippen LogP contribution is 2.20. The molecule has 5 nitrogen and oxygen atoms in total. The number of primary amides is 1. The molecule has 0 aromatic heterocycles. The van der Waals surface area contributed by atoms with Gasteiger partial charge in [0.2, 0.25) is 5.91 Å². The molecule has 110 valence electrons. The second kappa shape index (κ2) is 6.52. The Morgan fingerprint density at radius 2 is 2.00 bits per heavy atom. The normalized spacial score (nSPS) is 12.8. The van der Waals surface area contributed by atoms with Crippen molar-refractivity contribution in [3.63, 3.8) is 0 Å². The molecular weight excluding hydrogens is 256 g/mol. The summed E-state index contributed by atoms with van der Waals surface area (Å²) in [6.07, 6.45) is 0. The number of methoxy groups -OCH3 is 1. The van der Waals surface area contributed by atoms with Crippen molar-refractivity contribution in [1.29, 1.82) is 0 Å². The van der Waals surface area contributed by atoms with E-state index in [-0.39, 0.29) is 11.4 Å². The average molecular weight is 278 g/mol. The highest BCUT2D eigenvalue weighted by molar-refractivity contribution is 5.92. The number of carbonyl (C=O) groups excluding carboxylic acids is 2. The van der Waals surface area contributed by atoms with Crippen LogP contribution in [0.3, 0.4) is 0 Å². The SMILES string of the molecule is COC(=O)C(NCc1cccc(C(N)=O)c1)C(C)(C)C. The topological polar surface area (TPSA) is 81.4 Å². The number of ether oxygens (including phenoxy) is 1. The van der Waals surface area contributed by atoms with E-state index in [0.717, 1.165) is 5.56 Å². The van der Waals surface area contributed by atoms with Gasteiger partial charge >= 0.3 is 5.97 Å². The van der Waals surface area contributed by atoms with Crippen LogP contribution in [0.15, 0.2) is 24.3 Å². The van der Waals surface area contributed by atoms with Crippen molar-refractivity contribution in [2.75, 3.05) is 7.11 Å². The van der Waals surface area contributed by atoms with E-state index in [0.29, 0.717) is 12.1 Å². The third kappa shape index (κ3) is 4.35. The molecule has 0 heterocycles. The first-order valence-corrected chi connectivity index (χ1v) is 6.45. The van der Waals surface area contributed by atoms with E-state index in [1.165, 1.54) is 7.11 Å². The van der Waals surface area contributed by atoms with Crippen molar-refractivity contribution in [3.8, 4) is 0 Å². The van der Waals surface area contributed by atoms with E-state index in [2.05, 4.69) is 5.32 Å². The van der Waals surface area contributed by atoms with E-state index in [1.54, 1.807) is 18.2 Å². The van der Waals surface area contributed by atoms with Gasteiger partial charge in [0.15, 0.2) is 0 Å². The molecule has 0 bridgehead atoms. The summed E-state index contributed by atoms with van der Waals surface area (Å²) in [7, 11) is 1.37. The first-order chi connectivity index (χ1) is 9.25. The van der Waals surface area contributed by atoms with Crippen LogP contribution >= 0.6 is 0 Å². The van der Waals surface area contributed by atoms with Gasteiger partial charge in [0.1, 0.15) is 6.04 Å². The van der Waals surface area contributed by atoms with Gasteiger partial charge in [0, 0.05) is 12.1 Å². The minimum absolute atomic E-state index is 0.269. The Hall–Kier alpha value is -1.88. The molecule has 20 heavy (non-hydrogen) atoms. The zero-order valence-corrected chi connectivity index (χ0v) is 12.4. The third-order valence-electron chi connectivity index (χ3n) is 3.02. The average Bonchev–Trinajstić information content (AvgIpc) is 2.37. The number of hydrogen-bond donors (Lipinski definition) is 2. The molecule has 0 radical (unpaired) electrons. The van der Waals surface area contributed by atoms with Gasteiger partial charge in [-0.1, -0.05) is 32.9 Å². The maximum absolute atomic E-state index is 11.8. The van der Waals surface area contributed by atoms with Crippen molar-refractivity contribution < 1.29 is 14.3 Å². The van der Waals surface area contributed by atoms with Crippen molar-refractivity contribution in [1.82, 2.24) is 5.32 Å². The van der Waals surface area contributed by atoms with Crippen molar-refractivity contribution in [3.05, 3.63) is 35.4 Å². The Bertz CT molecular complexity index is 492. The first-order valence-electron chi connectivity index (χ1n) is 6.45. The highest BCUT2D eigenvalue weighted by atomic mass is 16.5. The number of nitrogens with two attached hydrogens (primary N) is 1. The Kier molecular flexibility index (Phi) is 5.27. The summed E-state index contributed by atoms with van der Waals surface area (Å²) in [6.45, 7) is 6.34. The molecule has 1 unspecified atom stereocenters. The molecule has 0 fully saturated rings. The fourth-order valence-electron chi connectivity index (χ4n) is 1.92. The van der Waals surface area contributed by atoms with Crippen LogP contribution in [-0.4, -0.2) is 25.0 Å². The van der Waals surface area contributed by atoms with Crippen molar-refractivity contribution >= 4 is 11.9 Å². The molecule has 0 aliphatic heterocycles. The van der Waals surface area contributed by atoms with E-state index in [1.807, 2.05) is 26.8 Å². The summed E-state index contributed by atoms with van der Waals surface area (Å²) in [6, 6.07) is 6.59. The first kappa shape index (κ1) is 16.2. The molecule has 1 rings (SSSR count). The lowest BCUT2D eigenvalue weighted by molar-refractivity contribution is -0.146. The molecule has 1 atom stereocenters. The van der Waals surface area contributed by atoms with Crippen LogP contribution < -0.4 is 11.1 Å². The number of amides is 1. The molecule has 0 aliphatic carbocycles. The number of esters is 1. The van der Waals surface area contributed by atoms with Crippen LogP contribution in [0.4, 0.5) is 0 Å². The zero-order chi connectivity index (χ0) is 15.3.